The Hall–Kier alpha value is -3.13. The van der Waals surface area contributed by atoms with E-state index in [2.05, 4.69) is 129 Å². The lowest BCUT2D eigenvalue weighted by Crippen LogP contribution is -2.57. The molecule has 1 aromatic carbocycles. The molecule has 0 radical (unpaired) electrons. The normalized spacial score (nSPS) is 24.3. The number of benzene rings is 1. The standard InChI is InChI=1S/C35H46N2/c1-13-17-29-30(14-2)37-31(15-3)35(12,16-4)32-27(23(7)8)20-25(10)21-28(32)34(37)33(36-29)26(11)19-24(9)18-22(5)6/h13-14,16-22,30-31H,2,4,7,15H2,1,3,5-6,8-12H3. The minimum atomic E-state index is -0.272. The monoisotopic (exact) mass is 494 g/mol. The van der Waals surface area contributed by atoms with Crippen LogP contribution in [0.25, 0.3) is 11.3 Å². The van der Waals surface area contributed by atoms with Crippen LogP contribution in [0.3, 0.4) is 0 Å². The summed E-state index contributed by atoms with van der Waals surface area (Å²) in [6.45, 7) is 32.8. The number of nitrogens with zero attached hydrogens (tertiary/aromatic N) is 2. The minimum Gasteiger partial charge on any atom is -0.353 e. The molecular weight excluding hydrogens is 448 g/mol. The van der Waals surface area contributed by atoms with Gasteiger partial charge in [0.25, 0.3) is 0 Å². The molecule has 2 nitrogen and oxygen atoms in total. The first-order valence-electron chi connectivity index (χ1n) is 13.6. The zero-order chi connectivity index (χ0) is 27.7. The molecule has 3 unspecified atom stereocenters. The lowest BCUT2D eigenvalue weighted by Gasteiger charge is -2.54. The van der Waals surface area contributed by atoms with Gasteiger partial charge in [0, 0.05) is 17.0 Å². The van der Waals surface area contributed by atoms with E-state index in [1.165, 1.54) is 39.1 Å². The van der Waals surface area contributed by atoms with Gasteiger partial charge in [-0.3, -0.25) is 0 Å². The fourth-order valence-electron chi connectivity index (χ4n) is 6.27. The molecule has 0 saturated heterocycles. The molecule has 3 rings (SSSR count). The lowest BCUT2D eigenvalue weighted by molar-refractivity contribution is 0.196. The molecule has 2 aliphatic rings. The Kier molecular flexibility index (Phi) is 8.52. The molecule has 0 aromatic heterocycles. The van der Waals surface area contributed by atoms with Gasteiger partial charge in [-0.2, -0.15) is 0 Å². The van der Waals surface area contributed by atoms with Crippen molar-refractivity contribution in [3.8, 4) is 0 Å². The summed E-state index contributed by atoms with van der Waals surface area (Å²) in [5.41, 5.74) is 11.5. The zero-order valence-electron chi connectivity index (χ0n) is 24.6. The van der Waals surface area contributed by atoms with E-state index < -0.39 is 0 Å². The average molecular weight is 495 g/mol. The molecule has 37 heavy (non-hydrogen) atoms. The molecule has 2 aliphatic heterocycles. The summed E-state index contributed by atoms with van der Waals surface area (Å²) in [4.78, 5) is 7.92. The molecule has 0 amide bonds. The number of aliphatic imine (C=N–C) groups is 1. The second kappa shape index (κ2) is 11.1. The summed E-state index contributed by atoms with van der Waals surface area (Å²) in [5.74, 6) is 0.491. The highest BCUT2D eigenvalue weighted by atomic mass is 15.3. The fraction of sp³-hybridized carbons (Fsp3) is 0.400. The maximum Gasteiger partial charge on any atom is 0.0903 e. The summed E-state index contributed by atoms with van der Waals surface area (Å²) >= 11 is 0. The van der Waals surface area contributed by atoms with E-state index >= 15 is 0 Å². The number of hydrogen-bond donors (Lipinski definition) is 0. The Labute approximate surface area is 226 Å². The van der Waals surface area contributed by atoms with Crippen molar-refractivity contribution in [2.24, 2.45) is 10.9 Å². The van der Waals surface area contributed by atoms with E-state index in [1.54, 1.807) is 0 Å². The topological polar surface area (TPSA) is 15.6 Å². The highest BCUT2D eigenvalue weighted by Gasteiger charge is 2.49. The fourth-order valence-corrected chi connectivity index (χ4v) is 6.27. The van der Waals surface area contributed by atoms with Crippen LogP contribution in [-0.4, -0.2) is 22.7 Å². The molecule has 1 aromatic rings. The van der Waals surface area contributed by atoms with Crippen LogP contribution in [0.5, 0.6) is 0 Å². The molecule has 2 heterocycles. The quantitative estimate of drug-likeness (QED) is 0.260. The molecule has 3 atom stereocenters. The van der Waals surface area contributed by atoms with Crippen LogP contribution >= 0.6 is 0 Å². The Balaban J connectivity index is 2.58. The van der Waals surface area contributed by atoms with E-state index in [0.29, 0.717) is 5.92 Å². The Morgan fingerprint density at radius 2 is 1.86 bits per heavy atom. The van der Waals surface area contributed by atoms with Crippen molar-refractivity contribution < 1.29 is 0 Å². The van der Waals surface area contributed by atoms with Crippen LogP contribution in [0.15, 0.2) is 90.2 Å². The first-order valence-corrected chi connectivity index (χ1v) is 13.6. The van der Waals surface area contributed by atoms with Crippen molar-refractivity contribution in [1.82, 2.24) is 4.90 Å². The first kappa shape index (κ1) is 28.4. The van der Waals surface area contributed by atoms with Crippen molar-refractivity contribution in [1.29, 1.82) is 0 Å². The maximum atomic E-state index is 5.34. The van der Waals surface area contributed by atoms with E-state index in [-0.39, 0.29) is 17.5 Å². The second-order valence-corrected chi connectivity index (χ2v) is 11.2. The molecule has 0 N–H and O–H groups in total. The molecule has 196 valence electrons. The molecule has 0 spiro atoms. The smallest absolute Gasteiger partial charge is 0.0903 e. The van der Waals surface area contributed by atoms with Gasteiger partial charge in [-0.25, -0.2) is 4.99 Å². The zero-order valence-corrected chi connectivity index (χ0v) is 24.6. The molecule has 0 fully saturated rings. The SMILES string of the molecule is C=CC1C(C=CC)=NC(C(C)=CC(C)=CC(C)C)=C2c3cc(C)cc(C(=C)C)c3C(C)(C=C)C(CC)N21. The largest absolute Gasteiger partial charge is 0.353 e. The third-order valence-corrected chi connectivity index (χ3v) is 7.68. The lowest BCUT2D eigenvalue weighted by atomic mass is 9.65. The van der Waals surface area contributed by atoms with E-state index in [9.17, 15) is 0 Å². The first-order chi connectivity index (χ1) is 17.4. The van der Waals surface area contributed by atoms with Gasteiger partial charge >= 0.3 is 0 Å². The van der Waals surface area contributed by atoms with Crippen LogP contribution in [0.1, 0.15) is 84.1 Å². The predicted molar refractivity (Wildman–Crippen MR) is 165 cm³/mol. The van der Waals surface area contributed by atoms with Gasteiger partial charge in [0.15, 0.2) is 0 Å². The van der Waals surface area contributed by atoms with E-state index in [4.69, 9.17) is 4.99 Å². The third-order valence-electron chi connectivity index (χ3n) is 7.68. The van der Waals surface area contributed by atoms with Crippen molar-refractivity contribution in [3.05, 3.63) is 107 Å². The van der Waals surface area contributed by atoms with E-state index in [1.807, 2.05) is 6.08 Å². The van der Waals surface area contributed by atoms with Crippen LogP contribution in [-0.2, 0) is 5.41 Å². The molecule has 0 aliphatic carbocycles. The van der Waals surface area contributed by atoms with Gasteiger partial charge in [-0.1, -0.05) is 74.9 Å². The van der Waals surface area contributed by atoms with Gasteiger partial charge in [0.1, 0.15) is 0 Å². The summed E-state index contributed by atoms with van der Waals surface area (Å²) in [7, 11) is 0. The van der Waals surface area contributed by atoms with Gasteiger partial charge in [0.2, 0.25) is 0 Å². The third kappa shape index (κ3) is 5.04. The van der Waals surface area contributed by atoms with Crippen molar-refractivity contribution in [3.63, 3.8) is 0 Å². The number of fused-ring (bicyclic) bond motifs is 3. The highest BCUT2D eigenvalue weighted by Crippen LogP contribution is 2.52. The molecule has 2 heteroatoms. The maximum absolute atomic E-state index is 5.34. The number of rotatable bonds is 8. The Morgan fingerprint density at radius 3 is 2.38 bits per heavy atom. The molecule has 0 saturated carbocycles. The van der Waals surface area contributed by atoms with Crippen LogP contribution in [0.2, 0.25) is 0 Å². The Morgan fingerprint density at radius 1 is 1.19 bits per heavy atom. The summed E-state index contributed by atoms with van der Waals surface area (Å²) in [6.07, 6.45) is 14.0. The number of allylic oxidation sites excluding steroid dienone is 6. The van der Waals surface area contributed by atoms with Crippen molar-refractivity contribution >= 4 is 17.0 Å². The van der Waals surface area contributed by atoms with Gasteiger partial charge < -0.3 is 4.90 Å². The summed E-state index contributed by atoms with van der Waals surface area (Å²) in [5, 5.41) is 0. The van der Waals surface area contributed by atoms with Crippen LogP contribution in [0, 0.1) is 12.8 Å². The van der Waals surface area contributed by atoms with Gasteiger partial charge in [-0.15, -0.1) is 13.2 Å². The summed E-state index contributed by atoms with van der Waals surface area (Å²) in [6, 6.07) is 4.77. The van der Waals surface area contributed by atoms with Gasteiger partial charge in [0.05, 0.1) is 23.1 Å². The van der Waals surface area contributed by atoms with Crippen molar-refractivity contribution in [2.75, 3.05) is 0 Å². The van der Waals surface area contributed by atoms with Crippen LogP contribution in [0.4, 0.5) is 0 Å². The second-order valence-electron chi connectivity index (χ2n) is 11.2. The van der Waals surface area contributed by atoms with Crippen LogP contribution < -0.4 is 0 Å². The average Bonchev–Trinajstić information content (AvgIpc) is 2.82. The number of aryl methyl sites for hydroxylation is 1. The molecule has 0 bridgehead atoms. The highest BCUT2D eigenvalue weighted by molar-refractivity contribution is 6.05. The van der Waals surface area contributed by atoms with E-state index in [0.717, 1.165) is 23.4 Å². The minimum absolute atomic E-state index is 0.0266. The summed E-state index contributed by atoms with van der Waals surface area (Å²) < 4.78 is 0. The molecular formula is C35H46N2. The number of hydrogen-bond acceptors (Lipinski definition) is 2. The predicted octanol–water partition coefficient (Wildman–Crippen LogP) is 9.37. The van der Waals surface area contributed by atoms with Gasteiger partial charge in [-0.05, 0) is 88.3 Å². The Bertz CT molecular complexity index is 1260. The van der Waals surface area contributed by atoms with Crippen molar-refractivity contribution in [2.45, 2.75) is 86.2 Å².